The Bertz CT molecular complexity index is 3010. The minimum absolute atomic E-state index is 0.0397. The molecule has 3 saturated heterocycles. The number of fused-ring (bicyclic) bond motifs is 5. The van der Waals surface area contributed by atoms with E-state index in [1.165, 1.54) is 10.8 Å². The lowest BCUT2D eigenvalue weighted by atomic mass is 9.38. The van der Waals surface area contributed by atoms with Crippen molar-refractivity contribution in [3.63, 3.8) is 0 Å². The molecule has 7 aliphatic heterocycles. The van der Waals surface area contributed by atoms with Gasteiger partial charge in [-0.3, -0.25) is 9.59 Å². The van der Waals surface area contributed by atoms with Crippen molar-refractivity contribution in [3.05, 3.63) is 47.6 Å². The minimum Gasteiger partial charge on any atom is -0.508 e. The first-order valence-corrected chi connectivity index (χ1v) is 35.6. The third kappa shape index (κ3) is 8.14. The summed E-state index contributed by atoms with van der Waals surface area (Å²) in [5.74, 6) is 5.18. The lowest BCUT2D eigenvalue weighted by Gasteiger charge is -2.68. The highest BCUT2D eigenvalue weighted by Crippen LogP contribution is 2.77. The average Bonchev–Trinajstić information content (AvgIpc) is 1.30. The molecule has 10 N–H and O–H groups in total. The van der Waals surface area contributed by atoms with Gasteiger partial charge in [-0.25, -0.2) is 0 Å². The lowest BCUT2D eigenvalue weighted by molar-refractivity contribution is -0.235. The Morgan fingerprint density at radius 2 is 1.77 bits per heavy atom. The van der Waals surface area contributed by atoms with Gasteiger partial charge in [-0.2, -0.15) is 0 Å². The van der Waals surface area contributed by atoms with Crippen LogP contribution in [0, 0.1) is 104 Å². The normalized spacial score (nSPS) is 51.1. The third-order valence-electron chi connectivity index (χ3n) is 27.7. The second kappa shape index (κ2) is 21.3. The van der Waals surface area contributed by atoms with Crippen molar-refractivity contribution in [1.82, 2.24) is 5.32 Å². The van der Waals surface area contributed by atoms with E-state index in [9.17, 15) is 46.0 Å². The number of benzene rings is 1. The van der Waals surface area contributed by atoms with Crippen molar-refractivity contribution < 1.29 is 65.0 Å². The molecule has 15 aliphatic rings. The standard InChI is InChI=1S/C69H96N2O13S2/c1-38(2)39(3)56-58(84-56)67(81)20-8-13-44-27-49-50-29-53(75)66(32-54(76)64(80,37-73)35-61(49,66)4)60(79)86-85-34-46-12-7-11-45(33-72)69(46)59(78)71(47-25-41(26-48(74)28-47)17-22-65(44)52(67)18-23-68(50,65)82)36-62(69)31-42-10-6-9-40-16-21-63(30-40)43(19-24-83-5)14-15-51(70-63)55(42)57(62)77/h8,13,25-26,28-29,38-40,42-46,49,51-52,54-58,60,70,72-74,76-77,79-82H,7,9,11-12,14-24,27,30-37H2,1-5H3/t39-,40-,42-,43-,44-,45-,46+,49+,51-,52+,54-,55+,56+,57-,58-,60+,61-,62+,63+,64-,65-,66+,67-,68-,69-/m1/s1. The fourth-order valence-corrected chi connectivity index (χ4v) is 26.5. The number of aryl methyl sites for hydroxylation is 1. The maximum absolute atomic E-state index is 16.9. The van der Waals surface area contributed by atoms with Gasteiger partial charge in [0.2, 0.25) is 5.91 Å². The van der Waals surface area contributed by atoms with Crippen LogP contribution in [-0.4, -0.2) is 155 Å². The molecule has 16 rings (SSSR count). The average molecular weight is 1230 g/mol. The number of ether oxygens (including phenoxy) is 2. The summed E-state index contributed by atoms with van der Waals surface area (Å²) in [6.45, 7) is 8.10. The molecule has 11 bridgehead atoms. The van der Waals surface area contributed by atoms with E-state index >= 15 is 9.59 Å². The molecule has 15 nitrogen and oxygen atoms in total. The van der Waals surface area contributed by atoms with E-state index in [0.717, 1.165) is 61.3 Å². The summed E-state index contributed by atoms with van der Waals surface area (Å²) >= 11 is 0. The zero-order chi connectivity index (χ0) is 60.5. The van der Waals surface area contributed by atoms with Crippen LogP contribution in [0.25, 0.3) is 0 Å². The van der Waals surface area contributed by atoms with Gasteiger partial charge in [-0.05, 0) is 191 Å². The third-order valence-corrected chi connectivity index (χ3v) is 30.4. The molecule has 17 heteroatoms. The number of rotatable bonds is 8. The molecule has 1 amide bonds. The van der Waals surface area contributed by atoms with Gasteiger partial charge in [0.1, 0.15) is 28.5 Å². The van der Waals surface area contributed by atoms with Crippen LogP contribution < -0.4 is 10.2 Å². The molecule has 472 valence electrons. The van der Waals surface area contributed by atoms with Crippen LogP contribution in [0.4, 0.5) is 5.69 Å². The fraction of sp³-hybridized carbons (Fsp3) is 0.797. The number of aliphatic hydroxyl groups is 8. The number of amides is 1. The summed E-state index contributed by atoms with van der Waals surface area (Å²) in [6, 6.07) is 5.29. The smallest absolute Gasteiger partial charge is 0.234 e. The Kier molecular flexibility index (Phi) is 15.1. The Morgan fingerprint density at radius 1 is 0.953 bits per heavy atom. The molecule has 1 aromatic rings. The van der Waals surface area contributed by atoms with Gasteiger partial charge in [0.05, 0.1) is 41.3 Å². The largest absolute Gasteiger partial charge is 0.508 e. The maximum Gasteiger partial charge on any atom is 0.234 e. The van der Waals surface area contributed by atoms with Crippen molar-refractivity contribution in [2.75, 3.05) is 44.1 Å². The molecule has 6 saturated carbocycles. The van der Waals surface area contributed by atoms with Crippen LogP contribution in [0.5, 0.6) is 5.75 Å². The summed E-state index contributed by atoms with van der Waals surface area (Å²) in [4.78, 5) is 34.7. The molecule has 8 aliphatic carbocycles. The van der Waals surface area contributed by atoms with E-state index in [1.807, 2.05) is 24.0 Å². The number of phenols is 1. The van der Waals surface area contributed by atoms with Gasteiger partial charge >= 0.3 is 0 Å². The molecule has 9 fully saturated rings. The van der Waals surface area contributed by atoms with Gasteiger partial charge in [0, 0.05) is 91.0 Å². The highest BCUT2D eigenvalue weighted by molar-refractivity contribution is 8.76. The minimum atomic E-state index is -2.04. The van der Waals surface area contributed by atoms with Gasteiger partial charge in [0.25, 0.3) is 0 Å². The van der Waals surface area contributed by atoms with E-state index in [0.29, 0.717) is 86.8 Å². The van der Waals surface area contributed by atoms with E-state index in [4.69, 9.17) is 9.47 Å². The summed E-state index contributed by atoms with van der Waals surface area (Å²) in [5, 5.41) is 119. The van der Waals surface area contributed by atoms with E-state index in [1.54, 1.807) is 25.3 Å². The summed E-state index contributed by atoms with van der Waals surface area (Å²) in [7, 11) is 4.26. The number of ketones is 1. The number of aliphatic hydroxyl groups excluding tert-OH is 5. The molecule has 0 radical (unpaired) electrons. The number of methoxy groups -OCH3 is 1. The quantitative estimate of drug-likeness (QED) is 0.0544. The zero-order valence-electron chi connectivity index (χ0n) is 51.2. The number of piperidine rings is 1. The van der Waals surface area contributed by atoms with Crippen molar-refractivity contribution in [3.8, 4) is 17.6 Å². The number of epoxide rings is 1. The number of aromatic hydroxyl groups is 1. The van der Waals surface area contributed by atoms with Crippen molar-refractivity contribution in [1.29, 1.82) is 0 Å². The number of anilines is 1. The molecule has 5 spiro atoms. The molecule has 7 heterocycles. The van der Waals surface area contributed by atoms with Gasteiger partial charge in [0.15, 0.2) is 5.78 Å². The first-order valence-electron chi connectivity index (χ1n) is 33.2. The van der Waals surface area contributed by atoms with Crippen LogP contribution >= 0.6 is 21.6 Å². The molecular weight excluding hydrogens is 1130 g/mol. The second-order valence-corrected chi connectivity index (χ2v) is 33.6. The SMILES string of the molecule is COCC[C@H]1CC[C@H]2N[C@]13CC[C@@H](CC#C[C@@H]1C[C@]4(CN5C(=O)[C@]46[C@@H](CO)CCC[C@H]6CSS[C@H](O)[C@@]46C[C@@H](O)[C@](O)(CO)C[C@]4(C)[C@H]4C[C@H]7C=CC[C@](O)([C@@H]8O[C@H]8[C@H](C)C(C)C)[C@H]8CC[C@@](O)(C4=CC6=O)[C@]78CCc4cc(O)cc5c4)[C@H](O)[C@@H]12)C3. The summed E-state index contributed by atoms with van der Waals surface area (Å²) in [6.07, 6.45) is 12.7. The lowest BCUT2D eigenvalue weighted by Crippen LogP contribution is -2.72. The van der Waals surface area contributed by atoms with Gasteiger partial charge in [-0.15, -0.1) is 5.92 Å². The predicted molar refractivity (Wildman–Crippen MR) is 328 cm³/mol. The number of hydrogen-bond acceptors (Lipinski definition) is 16. The van der Waals surface area contributed by atoms with E-state index in [-0.39, 0.29) is 91.8 Å². The summed E-state index contributed by atoms with van der Waals surface area (Å²) in [5.41, 5.74) is -11.7. The number of nitrogens with zero attached hydrogens (tertiary/aromatic N) is 1. The molecular formula is C69H96N2O13S2. The van der Waals surface area contributed by atoms with Gasteiger partial charge in [-0.1, -0.05) is 73.8 Å². The maximum atomic E-state index is 16.9. The van der Waals surface area contributed by atoms with Crippen LogP contribution in [0.2, 0.25) is 0 Å². The highest BCUT2D eigenvalue weighted by Gasteiger charge is 2.80. The van der Waals surface area contributed by atoms with Crippen LogP contribution in [-0.2, 0) is 25.5 Å². The monoisotopic (exact) mass is 1220 g/mol. The zero-order valence-corrected chi connectivity index (χ0v) is 52.8. The predicted octanol–water partition coefficient (Wildman–Crippen LogP) is 7.01. The topological polar surface area (TPSA) is 253 Å². The molecule has 86 heavy (non-hydrogen) atoms. The number of hydrogen-bond donors (Lipinski definition) is 10. The molecule has 0 aromatic heterocycles. The van der Waals surface area contributed by atoms with Crippen molar-refractivity contribution in [2.45, 2.75) is 208 Å². The first-order chi connectivity index (χ1) is 41.0. The van der Waals surface area contributed by atoms with Crippen molar-refractivity contribution >= 4 is 39.0 Å². The molecule has 0 unspecified atom stereocenters. The molecule has 25 atom stereocenters. The second-order valence-electron chi connectivity index (χ2n) is 31.1. The Morgan fingerprint density at radius 3 is 2.53 bits per heavy atom. The fourth-order valence-electron chi connectivity index (χ4n) is 23.5. The molecule has 1 aromatic carbocycles. The van der Waals surface area contributed by atoms with Crippen LogP contribution in [0.3, 0.4) is 0 Å². The van der Waals surface area contributed by atoms with Crippen LogP contribution in [0.15, 0.2) is 42.0 Å². The Balaban J connectivity index is 0.937. The number of carbonyl (C=O) groups excluding carboxylic acids is 2. The number of allylic oxidation sites excluding steroid dienone is 2. The number of carbonyl (C=O) groups is 2. The Hall–Kier alpha value is -2.54. The van der Waals surface area contributed by atoms with E-state index < -0.39 is 110 Å². The van der Waals surface area contributed by atoms with Crippen LogP contribution in [0.1, 0.15) is 149 Å². The first kappa shape index (κ1) is 61.0. The van der Waals surface area contributed by atoms with Crippen molar-refractivity contribution in [2.24, 2.45) is 92.2 Å². The highest BCUT2D eigenvalue weighted by atomic mass is 33.1. The van der Waals surface area contributed by atoms with E-state index in [2.05, 4.69) is 44.0 Å². The van der Waals surface area contributed by atoms with Gasteiger partial charge < -0.3 is 65.6 Å². The number of phenolic OH excluding ortho intramolecular Hbond substituents is 1. The number of nitrogens with one attached hydrogen (secondary N) is 1. The summed E-state index contributed by atoms with van der Waals surface area (Å²) < 4.78 is 12.3. The Labute approximate surface area is 516 Å².